The maximum absolute atomic E-state index is 5.93. The lowest BCUT2D eigenvalue weighted by Crippen LogP contribution is -2.08. The van der Waals surface area contributed by atoms with Crippen LogP contribution in [0.4, 0.5) is 0 Å². The molecule has 96 valence electrons. The van der Waals surface area contributed by atoms with Crippen LogP contribution in [0.2, 0.25) is 0 Å². The predicted octanol–water partition coefficient (Wildman–Crippen LogP) is 2.78. The zero-order valence-electron chi connectivity index (χ0n) is 10.4. The Morgan fingerprint density at radius 3 is 2.89 bits per heavy atom. The number of aryl methyl sites for hydroxylation is 1. The number of hydrogen-bond acceptors (Lipinski definition) is 3. The maximum Gasteiger partial charge on any atom is 0.125 e. The molecule has 0 aliphatic rings. The van der Waals surface area contributed by atoms with Crippen LogP contribution in [0.1, 0.15) is 24.1 Å². The number of ether oxygens (including phenoxy) is 1. The summed E-state index contributed by atoms with van der Waals surface area (Å²) in [5, 5.41) is 4.11. The summed E-state index contributed by atoms with van der Waals surface area (Å²) in [4.78, 5) is 0. The van der Waals surface area contributed by atoms with Crippen molar-refractivity contribution in [2.24, 2.45) is 12.8 Å². The van der Waals surface area contributed by atoms with Crippen LogP contribution in [-0.4, -0.2) is 9.78 Å². The molecule has 18 heavy (non-hydrogen) atoms. The van der Waals surface area contributed by atoms with Crippen molar-refractivity contribution in [2.75, 3.05) is 0 Å². The normalized spacial score (nSPS) is 12.4. The van der Waals surface area contributed by atoms with Crippen LogP contribution < -0.4 is 10.5 Å². The molecule has 1 aromatic heterocycles. The fraction of sp³-hybridized carbons (Fsp3) is 0.308. The van der Waals surface area contributed by atoms with Crippen LogP contribution in [0.5, 0.6) is 5.75 Å². The molecule has 0 spiro atoms. The van der Waals surface area contributed by atoms with E-state index in [2.05, 4.69) is 21.0 Å². The molecule has 1 atom stereocenters. The Labute approximate surface area is 115 Å². The van der Waals surface area contributed by atoms with Crippen molar-refractivity contribution in [1.82, 2.24) is 9.78 Å². The largest absolute Gasteiger partial charge is 0.488 e. The van der Waals surface area contributed by atoms with Crippen molar-refractivity contribution < 1.29 is 4.74 Å². The monoisotopic (exact) mass is 309 g/mol. The van der Waals surface area contributed by atoms with E-state index in [1.807, 2.05) is 38.4 Å². The molecule has 0 amide bonds. The Bertz CT molecular complexity index is 537. The molecule has 0 aliphatic heterocycles. The molecular weight excluding hydrogens is 294 g/mol. The first-order chi connectivity index (χ1) is 8.56. The second kappa shape index (κ2) is 5.54. The van der Waals surface area contributed by atoms with Crippen molar-refractivity contribution in [2.45, 2.75) is 19.6 Å². The van der Waals surface area contributed by atoms with Gasteiger partial charge < -0.3 is 10.5 Å². The molecule has 2 rings (SSSR count). The zero-order valence-corrected chi connectivity index (χ0v) is 12.0. The predicted molar refractivity (Wildman–Crippen MR) is 74.3 cm³/mol. The third-order valence-electron chi connectivity index (χ3n) is 2.62. The van der Waals surface area contributed by atoms with E-state index in [4.69, 9.17) is 10.5 Å². The highest BCUT2D eigenvalue weighted by Crippen LogP contribution is 2.28. The maximum atomic E-state index is 5.93. The summed E-state index contributed by atoms with van der Waals surface area (Å²) < 4.78 is 8.55. The SMILES string of the molecule is C[C@H](N)c1ccc(Br)cc1OCc1cnn(C)c1. The van der Waals surface area contributed by atoms with E-state index in [1.165, 1.54) is 0 Å². The van der Waals surface area contributed by atoms with Crippen LogP contribution in [0.15, 0.2) is 35.1 Å². The van der Waals surface area contributed by atoms with Gasteiger partial charge in [0.1, 0.15) is 12.4 Å². The lowest BCUT2D eigenvalue weighted by molar-refractivity contribution is 0.301. The molecule has 1 aromatic carbocycles. The van der Waals surface area contributed by atoms with Gasteiger partial charge in [0.05, 0.1) is 6.20 Å². The Hall–Kier alpha value is -1.33. The Balaban J connectivity index is 2.15. The van der Waals surface area contributed by atoms with Crippen LogP contribution in [0, 0.1) is 0 Å². The minimum absolute atomic E-state index is 0.0537. The molecule has 0 aliphatic carbocycles. The van der Waals surface area contributed by atoms with Crippen LogP contribution in [-0.2, 0) is 13.7 Å². The molecule has 0 saturated carbocycles. The second-order valence-electron chi connectivity index (χ2n) is 4.28. The molecule has 0 unspecified atom stereocenters. The van der Waals surface area contributed by atoms with E-state index >= 15 is 0 Å². The zero-order chi connectivity index (χ0) is 13.1. The first-order valence-corrected chi connectivity index (χ1v) is 6.51. The van der Waals surface area contributed by atoms with Crippen molar-refractivity contribution in [3.8, 4) is 5.75 Å². The fourth-order valence-electron chi connectivity index (χ4n) is 1.72. The third-order valence-corrected chi connectivity index (χ3v) is 3.11. The topological polar surface area (TPSA) is 53.1 Å². The van der Waals surface area contributed by atoms with Crippen LogP contribution >= 0.6 is 15.9 Å². The minimum atomic E-state index is -0.0537. The van der Waals surface area contributed by atoms with E-state index < -0.39 is 0 Å². The van der Waals surface area contributed by atoms with Gasteiger partial charge >= 0.3 is 0 Å². The average molecular weight is 310 g/mol. The summed E-state index contributed by atoms with van der Waals surface area (Å²) in [5.74, 6) is 0.809. The number of aromatic nitrogens is 2. The lowest BCUT2D eigenvalue weighted by atomic mass is 10.1. The van der Waals surface area contributed by atoms with Crippen molar-refractivity contribution in [1.29, 1.82) is 0 Å². The standard InChI is InChI=1S/C13H16BrN3O/c1-9(15)12-4-3-11(14)5-13(12)18-8-10-6-16-17(2)7-10/h3-7,9H,8,15H2,1-2H3/t9-/m0/s1. The van der Waals surface area contributed by atoms with Gasteiger partial charge in [-0.15, -0.1) is 0 Å². The van der Waals surface area contributed by atoms with Gasteiger partial charge in [0.25, 0.3) is 0 Å². The number of nitrogens with zero attached hydrogens (tertiary/aromatic N) is 2. The molecule has 0 saturated heterocycles. The van der Waals surface area contributed by atoms with Gasteiger partial charge in [-0.1, -0.05) is 22.0 Å². The highest BCUT2D eigenvalue weighted by atomic mass is 79.9. The Kier molecular flexibility index (Phi) is 4.04. The fourth-order valence-corrected chi connectivity index (χ4v) is 2.06. The van der Waals surface area contributed by atoms with E-state index in [9.17, 15) is 0 Å². The number of nitrogens with two attached hydrogens (primary N) is 1. The van der Waals surface area contributed by atoms with E-state index in [0.29, 0.717) is 6.61 Å². The number of hydrogen-bond donors (Lipinski definition) is 1. The highest BCUT2D eigenvalue weighted by molar-refractivity contribution is 9.10. The molecule has 0 bridgehead atoms. The van der Waals surface area contributed by atoms with Gasteiger partial charge in [0.15, 0.2) is 0 Å². The number of benzene rings is 1. The molecule has 2 N–H and O–H groups in total. The first kappa shape index (κ1) is 13.1. The number of rotatable bonds is 4. The van der Waals surface area contributed by atoms with Gasteiger partial charge in [0, 0.05) is 34.9 Å². The summed E-state index contributed by atoms with van der Waals surface area (Å²) >= 11 is 3.44. The van der Waals surface area contributed by atoms with Gasteiger partial charge in [-0.3, -0.25) is 4.68 Å². The summed E-state index contributed by atoms with van der Waals surface area (Å²) in [6, 6.07) is 5.83. The molecule has 5 heteroatoms. The highest BCUT2D eigenvalue weighted by Gasteiger charge is 2.09. The summed E-state index contributed by atoms with van der Waals surface area (Å²) in [5.41, 5.74) is 7.96. The van der Waals surface area contributed by atoms with E-state index in [0.717, 1.165) is 21.3 Å². The van der Waals surface area contributed by atoms with Gasteiger partial charge in [-0.2, -0.15) is 5.10 Å². The quantitative estimate of drug-likeness (QED) is 0.945. The van der Waals surface area contributed by atoms with Gasteiger partial charge in [-0.25, -0.2) is 0 Å². The van der Waals surface area contributed by atoms with Crippen molar-refractivity contribution >= 4 is 15.9 Å². The number of halogens is 1. The third kappa shape index (κ3) is 3.11. The smallest absolute Gasteiger partial charge is 0.125 e. The Morgan fingerprint density at radius 2 is 2.28 bits per heavy atom. The molecule has 0 fully saturated rings. The summed E-state index contributed by atoms with van der Waals surface area (Å²) in [6.45, 7) is 2.43. The van der Waals surface area contributed by atoms with Crippen LogP contribution in [0.3, 0.4) is 0 Å². The Morgan fingerprint density at radius 1 is 1.50 bits per heavy atom. The van der Waals surface area contributed by atoms with Gasteiger partial charge in [-0.05, 0) is 19.1 Å². The minimum Gasteiger partial charge on any atom is -0.488 e. The summed E-state index contributed by atoms with van der Waals surface area (Å²) in [6.07, 6.45) is 3.73. The summed E-state index contributed by atoms with van der Waals surface area (Å²) in [7, 11) is 1.88. The van der Waals surface area contributed by atoms with Crippen molar-refractivity contribution in [3.05, 3.63) is 46.2 Å². The average Bonchev–Trinajstić information content (AvgIpc) is 2.72. The molecular formula is C13H16BrN3O. The van der Waals surface area contributed by atoms with E-state index in [-0.39, 0.29) is 6.04 Å². The van der Waals surface area contributed by atoms with Crippen molar-refractivity contribution in [3.63, 3.8) is 0 Å². The van der Waals surface area contributed by atoms with E-state index in [1.54, 1.807) is 10.9 Å². The lowest BCUT2D eigenvalue weighted by Gasteiger charge is -2.13. The first-order valence-electron chi connectivity index (χ1n) is 5.71. The molecule has 0 radical (unpaired) electrons. The molecule has 2 aromatic rings. The van der Waals surface area contributed by atoms with Crippen LogP contribution in [0.25, 0.3) is 0 Å². The molecule has 4 nitrogen and oxygen atoms in total. The molecule has 1 heterocycles. The second-order valence-corrected chi connectivity index (χ2v) is 5.20. The van der Waals surface area contributed by atoms with Gasteiger partial charge in [0.2, 0.25) is 0 Å².